The number of rotatable bonds is 2. The van der Waals surface area contributed by atoms with E-state index in [1.54, 1.807) is 0 Å². The summed E-state index contributed by atoms with van der Waals surface area (Å²) in [5.74, 6) is -0.897. The van der Waals surface area contributed by atoms with Gasteiger partial charge in [0.05, 0.1) is 6.54 Å². The molecule has 0 heterocycles. The van der Waals surface area contributed by atoms with E-state index in [2.05, 4.69) is 4.18 Å². The van der Waals surface area contributed by atoms with Gasteiger partial charge >= 0.3 is 17.3 Å². The number of hydrogen-bond donors (Lipinski definition) is 2. The summed E-state index contributed by atoms with van der Waals surface area (Å²) in [6.45, 7) is -0.383. The molecule has 0 saturated carbocycles. The molecule has 0 aliphatic heterocycles. The SMILES string of the molecule is NCC(=O)OS(=O)O. The van der Waals surface area contributed by atoms with Gasteiger partial charge in [-0.2, -0.15) is 4.21 Å². The minimum absolute atomic E-state index is 0.383. The van der Waals surface area contributed by atoms with Crippen LogP contribution in [0, 0.1) is 0 Å². The van der Waals surface area contributed by atoms with E-state index in [0.29, 0.717) is 0 Å². The summed E-state index contributed by atoms with van der Waals surface area (Å²) >= 11 is -2.53. The van der Waals surface area contributed by atoms with E-state index in [-0.39, 0.29) is 6.54 Å². The Hall–Kier alpha value is -0.460. The minimum Gasteiger partial charge on any atom is -0.342 e. The molecular formula is C2H5NO4S. The minimum atomic E-state index is -2.53. The van der Waals surface area contributed by atoms with Crippen LogP contribution in [0.4, 0.5) is 0 Å². The topological polar surface area (TPSA) is 89.6 Å². The normalized spacial score (nSPS) is 12.8. The lowest BCUT2D eigenvalue weighted by Gasteiger charge is -1.90. The first-order chi connectivity index (χ1) is 3.66. The summed E-state index contributed by atoms with van der Waals surface area (Å²) in [5, 5.41) is 0. The Morgan fingerprint density at radius 1 is 1.88 bits per heavy atom. The Labute approximate surface area is 48.3 Å². The number of carbonyl (C=O) groups excluding carboxylic acids is 1. The van der Waals surface area contributed by atoms with Crippen LogP contribution in [0.1, 0.15) is 0 Å². The van der Waals surface area contributed by atoms with E-state index in [9.17, 15) is 9.00 Å². The molecule has 0 amide bonds. The highest BCUT2D eigenvalue weighted by atomic mass is 32.2. The van der Waals surface area contributed by atoms with Crippen LogP contribution in [0.5, 0.6) is 0 Å². The zero-order chi connectivity index (χ0) is 6.57. The van der Waals surface area contributed by atoms with Crippen molar-refractivity contribution in [3.05, 3.63) is 0 Å². The Balaban J connectivity index is 3.40. The predicted molar refractivity (Wildman–Crippen MR) is 25.9 cm³/mol. The van der Waals surface area contributed by atoms with Crippen molar-refractivity contribution in [1.82, 2.24) is 0 Å². The summed E-state index contributed by atoms with van der Waals surface area (Å²) in [7, 11) is 0. The molecule has 1 unspecified atom stereocenters. The van der Waals surface area contributed by atoms with Gasteiger partial charge in [0.2, 0.25) is 0 Å². The van der Waals surface area contributed by atoms with Crippen LogP contribution in [-0.2, 0) is 20.3 Å². The summed E-state index contributed by atoms with van der Waals surface area (Å²) < 4.78 is 21.1. The molecule has 0 spiro atoms. The quantitative estimate of drug-likeness (QED) is 0.460. The fourth-order valence-electron chi connectivity index (χ4n) is 0.114. The molecule has 0 fully saturated rings. The Kier molecular flexibility index (Phi) is 3.33. The summed E-state index contributed by atoms with van der Waals surface area (Å²) in [6, 6.07) is 0. The van der Waals surface area contributed by atoms with Crippen LogP contribution in [0.3, 0.4) is 0 Å². The molecule has 6 heteroatoms. The monoisotopic (exact) mass is 139 g/mol. The Morgan fingerprint density at radius 3 is 2.50 bits per heavy atom. The maximum Gasteiger partial charge on any atom is 0.360 e. The van der Waals surface area contributed by atoms with Crippen molar-refractivity contribution in [3.63, 3.8) is 0 Å². The Morgan fingerprint density at radius 2 is 2.38 bits per heavy atom. The van der Waals surface area contributed by atoms with E-state index >= 15 is 0 Å². The third-order valence-corrected chi connectivity index (χ3v) is 0.659. The summed E-state index contributed by atoms with van der Waals surface area (Å²) in [4.78, 5) is 9.92. The average Bonchev–Trinajstić information content (AvgIpc) is 1.65. The number of nitrogens with two attached hydrogens (primary N) is 1. The molecule has 0 rings (SSSR count). The highest BCUT2D eigenvalue weighted by Gasteiger charge is 2.00. The van der Waals surface area contributed by atoms with Gasteiger partial charge in [-0.25, -0.2) is 4.79 Å². The molecule has 0 bridgehead atoms. The predicted octanol–water partition coefficient (Wildman–Crippen LogP) is -1.38. The smallest absolute Gasteiger partial charge is 0.342 e. The largest absolute Gasteiger partial charge is 0.360 e. The van der Waals surface area contributed by atoms with E-state index < -0.39 is 17.3 Å². The second-order valence-corrected chi connectivity index (χ2v) is 1.48. The van der Waals surface area contributed by atoms with E-state index in [1.807, 2.05) is 0 Å². The molecular weight excluding hydrogens is 134 g/mol. The molecule has 0 aromatic carbocycles. The second-order valence-electron chi connectivity index (χ2n) is 0.877. The van der Waals surface area contributed by atoms with Gasteiger partial charge in [-0.3, -0.25) is 4.55 Å². The molecule has 0 radical (unpaired) electrons. The highest BCUT2D eigenvalue weighted by molar-refractivity contribution is 7.74. The van der Waals surface area contributed by atoms with Gasteiger partial charge in [-0.15, -0.1) is 0 Å². The van der Waals surface area contributed by atoms with E-state index in [0.717, 1.165) is 0 Å². The van der Waals surface area contributed by atoms with Crippen molar-refractivity contribution >= 4 is 17.3 Å². The van der Waals surface area contributed by atoms with Crippen LogP contribution >= 0.6 is 0 Å². The van der Waals surface area contributed by atoms with Crippen LogP contribution in [-0.4, -0.2) is 21.3 Å². The molecule has 1 atom stereocenters. The number of hydrogen-bond acceptors (Lipinski definition) is 4. The maximum absolute atomic E-state index is 9.92. The van der Waals surface area contributed by atoms with Gasteiger partial charge in [-0.1, -0.05) is 0 Å². The summed E-state index contributed by atoms with van der Waals surface area (Å²) in [6.07, 6.45) is 0. The molecule has 48 valence electrons. The molecule has 3 N–H and O–H groups in total. The second kappa shape index (κ2) is 3.53. The summed E-state index contributed by atoms with van der Waals surface area (Å²) in [5.41, 5.74) is 4.70. The fraction of sp³-hybridized carbons (Fsp3) is 0.500. The molecule has 0 aliphatic carbocycles. The average molecular weight is 139 g/mol. The van der Waals surface area contributed by atoms with Crippen molar-refractivity contribution in [2.24, 2.45) is 5.73 Å². The highest BCUT2D eigenvalue weighted by Crippen LogP contribution is 1.76. The molecule has 0 saturated heterocycles. The van der Waals surface area contributed by atoms with E-state index in [4.69, 9.17) is 10.3 Å². The van der Waals surface area contributed by atoms with Crippen LogP contribution in [0.25, 0.3) is 0 Å². The maximum atomic E-state index is 9.92. The molecule has 8 heavy (non-hydrogen) atoms. The van der Waals surface area contributed by atoms with Crippen molar-refractivity contribution in [1.29, 1.82) is 0 Å². The van der Waals surface area contributed by atoms with Gasteiger partial charge < -0.3 is 9.92 Å². The van der Waals surface area contributed by atoms with Gasteiger partial charge in [0.1, 0.15) is 0 Å². The van der Waals surface area contributed by atoms with Crippen LogP contribution < -0.4 is 5.73 Å². The molecule has 0 aliphatic rings. The van der Waals surface area contributed by atoms with E-state index in [1.165, 1.54) is 0 Å². The van der Waals surface area contributed by atoms with Gasteiger partial charge in [0, 0.05) is 0 Å². The van der Waals surface area contributed by atoms with Crippen LogP contribution in [0.2, 0.25) is 0 Å². The van der Waals surface area contributed by atoms with Crippen molar-refractivity contribution < 1.29 is 17.7 Å². The zero-order valence-electron chi connectivity index (χ0n) is 3.86. The lowest BCUT2D eigenvalue weighted by molar-refractivity contribution is -0.132. The third-order valence-electron chi connectivity index (χ3n) is 0.331. The fourth-order valence-corrected chi connectivity index (χ4v) is 0.341. The van der Waals surface area contributed by atoms with Gasteiger partial charge in [0.15, 0.2) is 0 Å². The molecule has 0 aromatic heterocycles. The first-order valence-electron chi connectivity index (χ1n) is 1.69. The third kappa shape index (κ3) is 3.72. The molecule has 5 nitrogen and oxygen atoms in total. The first-order valence-corrected chi connectivity index (χ1v) is 2.72. The van der Waals surface area contributed by atoms with Crippen molar-refractivity contribution in [2.75, 3.05) is 6.54 Å². The lowest BCUT2D eigenvalue weighted by Crippen LogP contribution is -2.17. The number of carbonyl (C=O) groups is 1. The Bertz CT molecular complexity index is 113. The van der Waals surface area contributed by atoms with Crippen LogP contribution in [0.15, 0.2) is 0 Å². The van der Waals surface area contributed by atoms with Crippen molar-refractivity contribution in [3.8, 4) is 0 Å². The lowest BCUT2D eigenvalue weighted by atomic mass is 10.7. The van der Waals surface area contributed by atoms with Gasteiger partial charge in [0.25, 0.3) is 0 Å². The first kappa shape index (κ1) is 7.54. The van der Waals surface area contributed by atoms with Crippen molar-refractivity contribution in [2.45, 2.75) is 0 Å². The zero-order valence-corrected chi connectivity index (χ0v) is 4.68. The standard InChI is InChI=1S/C2H5NO4S/c3-1-2(4)7-8(5)6/h1,3H2,(H,5,6). The van der Waals surface area contributed by atoms with Gasteiger partial charge in [-0.05, 0) is 0 Å². The molecule has 0 aromatic rings.